The first-order valence-corrected chi connectivity index (χ1v) is 7.50. The van der Waals surface area contributed by atoms with Crippen molar-refractivity contribution in [2.45, 2.75) is 26.3 Å². The van der Waals surface area contributed by atoms with E-state index in [1.807, 2.05) is 12.1 Å². The van der Waals surface area contributed by atoms with Crippen molar-refractivity contribution < 1.29 is 9.90 Å². The third-order valence-corrected chi connectivity index (χ3v) is 4.01. The Balaban J connectivity index is 2.14. The second-order valence-corrected chi connectivity index (χ2v) is 5.20. The van der Waals surface area contributed by atoms with Gasteiger partial charge >= 0.3 is 5.97 Å². The van der Waals surface area contributed by atoms with Gasteiger partial charge in [0.05, 0.1) is 0 Å². The van der Waals surface area contributed by atoms with Crippen LogP contribution in [0.25, 0.3) is 6.08 Å². The van der Waals surface area contributed by atoms with Gasteiger partial charge in [-0.25, -0.2) is 9.78 Å². The van der Waals surface area contributed by atoms with Gasteiger partial charge in [-0.15, -0.1) is 0 Å². The molecule has 1 aliphatic heterocycles. The molecule has 0 amide bonds. The summed E-state index contributed by atoms with van der Waals surface area (Å²) < 4.78 is 0. The van der Waals surface area contributed by atoms with E-state index in [4.69, 9.17) is 5.11 Å². The van der Waals surface area contributed by atoms with Crippen LogP contribution >= 0.6 is 0 Å². The summed E-state index contributed by atoms with van der Waals surface area (Å²) in [6.45, 7) is 8.41. The number of carbonyl (C=O) groups is 1. The Morgan fingerprint density at radius 3 is 2.95 bits per heavy atom. The summed E-state index contributed by atoms with van der Waals surface area (Å²) in [4.78, 5) is 19.9. The van der Waals surface area contributed by atoms with Gasteiger partial charge in [0.15, 0.2) is 0 Å². The van der Waals surface area contributed by atoms with Crippen molar-refractivity contribution in [3.8, 4) is 0 Å². The number of aromatic nitrogens is 1. The predicted molar refractivity (Wildman–Crippen MR) is 84.4 cm³/mol. The van der Waals surface area contributed by atoms with Gasteiger partial charge in [0.25, 0.3) is 0 Å². The van der Waals surface area contributed by atoms with E-state index in [1.54, 1.807) is 12.3 Å². The van der Waals surface area contributed by atoms with Crippen LogP contribution in [0.1, 0.15) is 25.8 Å². The molecule has 0 spiro atoms. The summed E-state index contributed by atoms with van der Waals surface area (Å²) >= 11 is 0. The summed E-state index contributed by atoms with van der Waals surface area (Å²) in [5.41, 5.74) is 0.861. The number of aliphatic carboxylic acids is 1. The molecular formula is C16H23N3O2. The molecule has 0 saturated carbocycles. The van der Waals surface area contributed by atoms with Gasteiger partial charge in [0.1, 0.15) is 5.82 Å². The number of carboxylic acid groups (broad SMARTS) is 1. The lowest BCUT2D eigenvalue weighted by Crippen LogP contribution is -2.37. The Morgan fingerprint density at radius 1 is 1.52 bits per heavy atom. The molecule has 2 rings (SSSR count). The highest BCUT2D eigenvalue weighted by Gasteiger charge is 2.27. The van der Waals surface area contributed by atoms with E-state index in [0.717, 1.165) is 44.0 Å². The molecule has 1 saturated heterocycles. The van der Waals surface area contributed by atoms with E-state index in [-0.39, 0.29) is 0 Å². The Labute approximate surface area is 125 Å². The van der Waals surface area contributed by atoms with Crippen LogP contribution in [-0.4, -0.2) is 53.2 Å². The molecular weight excluding hydrogens is 266 g/mol. The van der Waals surface area contributed by atoms with Gasteiger partial charge < -0.3 is 10.0 Å². The molecule has 5 heteroatoms. The maximum atomic E-state index is 10.7. The predicted octanol–water partition coefficient (Wildman–Crippen LogP) is 2.10. The molecule has 0 aromatic carbocycles. The summed E-state index contributed by atoms with van der Waals surface area (Å²) in [6, 6.07) is 4.30. The average Bonchev–Trinajstić information content (AvgIpc) is 2.96. The molecule has 5 nitrogen and oxygen atoms in total. The molecule has 0 aliphatic carbocycles. The van der Waals surface area contributed by atoms with Crippen LogP contribution in [0.15, 0.2) is 24.4 Å². The monoisotopic (exact) mass is 289 g/mol. The summed E-state index contributed by atoms with van der Waals surface area (Å²) in [6.07, 6.45) is 5.67. The summed E-state index contributed by atoms with van der Waals surface area (Å²) in [7, 11) is 0. The number of nitrogens with zero attached hydrogens (tertiary/aromatic N) is 3. The number of carboxylic acids is 1. The lowest BCUT2D eigenvalue weighted by Gasteiger charge is -2.26. The smallest absolute Gasteiger partial charge is 0.328 e. The topological polar surface area (TPSA) is 56.7 Å². The van der Waals surface area contributed by atoms with Crippen LogP contribution in [0.5, 0.6) is 0 Å². The van der Waals surface area contributed by atoms with Crippen LogP contribution in [0.3, 0.4) is 0 Å². The van der Waals surface area contributed by atoms with Crippen molar-refractivity contribution in [1.82, 2.24) is 9.88 Å². The van der Waals surface area contributed by atoms with Crippen LogP contribution in [0.4, 0.5) is 5.82 Å². The van der Waals surface area contributed by atoms with Gasteiger partial charge in [0.2, 0.25) is 0 Å². The van der Waals surface area contributed by atoms with Crippen LogP contribution in [-0.2, 0) is 4.79 Å². The third kappa shape index (κ3) is 3.82. The molecule has 1 N–H and O–H groups in total. The minimum Gasteiger partial charge on any atom is -0.478 e. The van der Waals surface area contributed by atoms with Crippen molar-refractivity contribution in [2.75, 3.05) is 31.1 Å². The average molecular weight is 289 g/mol. The van der Waals surface area contributed by atoms with Gasteiger partial charge in [0, 0.05) is 37.0 Å². The van der Waals surface area contributed by atoms with Crippen molar-refractivity contribution in [3.63, 3.8) is 0 Å². The van der Waals surface area contributed by atoms with E-state index in [1.165, 1.54) is 6.08 Å². The molecule has 1 aromatic heterocycles. The lowest BCUT2D eigenvalue weighted by atomic mass is 10.2. The zero-order valence-electron chi connectivity index (χ0n) is 12.7. The summed E-state index contributed by atoms with van der Waals surface area (Å²) in [5.74, 6) is -0.0584. The highest BCUT2D eigenvalue weighted by molar-refractivity contribution is 5.86. The fourth-order valence-electron chi connectivity index (χ4n) is 2.94. The van der Waals surface area contributed by atoms with Crippen LogP contribution in [0.2, 0.25) is 0 Å². The van der Waals surface area contributed by atoms with Crippen molar-refractivity contribution in [2.24, 2.45) is 0 Å². The Morgan fingerprint density at radius 2 is 2.29 bits per heavy atom. The number of rotatable bonds is 6. The van der Waals surface area contributed by atoms with Crippen LogP contribution in [0, 0.1) is 0 Å². The van der Waals surface area contributed by atoms with E-state index in [9.17, 15) is 4.79 Å². The van der Waals surface area contributed by atoms with Gasteiger partial charge in [-0.1, -0.05) is 13.8 Å². The third-order valence-electron chi connectivity index (χ3n) is 4.01. The molecule has 1 fully saturated rings. The molecule has 114 valence electrons. The minimum absolute atomic E-state index is 0.554. The number of hydrogen-bond acceptors (Lipinski definition) is 4. The first-order chi connectivity index (χ1) is 10.2. The first-order valence-electron chi connectivity index (χ1n) is 7.50. The maximum Gasteiger partial charge on any atom is 0.328 e. The van der Waals surface area contributed by atoms with E-state index in [0.29, 0.717) is 6.04 Å². The number of hydrogen-bond donors (Lipinski definition) is 1. The molecule has 0 radical (unpaired) electrons. The molecule has 21 heavy (non-hydrogen) atoms. The van der Waals surface area contributed by atoms with Crippen LogP contribution < -0.4 is 4.90 Å². The number of likely N-dealkylation sites (N-methyl/N-ethyl adjacent to an activating group) is 1. The second-order valence-electron chi connectivity index (χ2n) is 5.20. The first kappa shape index (κ1) is 15.5. The molecule has 1 unspecified atom stereocenters. The molecule has 0 bridgehead atoms. The van der Waals surface area contributed by atoms with Gasteiger partial charge in [-0.3, -0.25) is 4.90 Å². The van der Waals surface area contributed by atoms with Crippen molar-refractivity contribution in [1.29, 1.82) is 0 Å². The quantitative estimate of drug-likeness (QED) is 0.813. The van der Waals surface area contributed by atoms with Gasteiger partial charge in [-0.2, -0.15) is 0 Å². The normalized spacial score (nSPS) is 18.8. The second kappa shape index (κ2) is 7.22. The van der Waals surface area contributed by atoms with E-state index in [2.05, 4.69) is 28.6 Å². The minimum atomic E-state index is -0.938. The fraction of sp³-hybridized carbons (Fsp3) is 0.500. The van der Waals surface area contributed by atoms with Crippen molar-refractivity contribution in [3.05, 3.63) is 30.0 Å². The largest absolute Gasteiger partial charge is 0.478 e. The lowest BCUT2D eigenvalue weighted by molar-refractivity contribution is -0.131. The number of anilines is 1. The zero-order chi connectivity index (χ0) is 15.2. The number of pyridine rings is 1. The molecule has 2 heterocycles. The maximum absolute atomic E-state index is 10.7. The molecule has 1 aromatic rings. The molecule has 1 atom stereocenters. The zero-order valence-corrected chi connectivity index (χ0v) is 12.7. The fourth-order valence-corrected chi connectivity index (χ4v) is 2.94. The van der Waals surface area contributed by atoms with Crippen molar-refractivity contribution >= 4 is 17.9 Å². The standard InChI is InChI=1S/C16H23N3O2/c1-3-18(4-2)14-9-11-19(12-14)16-13(6-5-10-17-16)7-8-15(20)21/h5-8,10,14H,3-4,9,11-12H2,1-2H3,(H,20,21)/b8-7+. The highest BCUT2D eigenvalue weighted by atomic mass is 16.4. The summed E-state index contributed by atoms with van der Waals surface area (Å²) in [5, 5.41) is 8.78. The Bertz CT molecular complexity index is 512. The molecule has 1 aliphatic rings. The SMILES string of the molecule is CCN(CC)C1CCN(c2ncccc2/C=C/C(=O)O)C1. The highest BCUT2D eigenvalue weighted by Crippen LogP contribution is 2.25. The van der Waals surface area contributed by atoms with E-state index < -0.39 is 5.97 Å². The van der Waals surface area contributed by atoms with Gasteiger partial charge in [-0.05, 0) is 37.7 Å². The van der Waals surface area contributed by atoms with E-state index >= 15 is 0 Å². The Hall–Kier alpha value is -1.88. The Kier molecular flexibility index (Phi) is 5.33.